The molecule has 1 heterocycles. The van der Waals surface area contributed by atoms with Gasteiger partial charge in [-0.05, 0) is 39.8 Å². The van der Waals surface area contributed by atoms with Gasteiger partial charge in [-0.25, -0.2) is 0 Å². The molecule has 30 heavy (non-hydrogen) atoms. The zero-order valence-electron chi connectivity index (χ0n) is 19.0. The van der Waals surface area contributed by atoms with Crippen molar-refractivity contribution in [2.75, 3.05) is 64.8 Å². The monoisotopic (exact) mass is 422 g/mol. The number of piperazine rings is 1. The first-order chi connectivity index (χ1) is 14.4. The number of carbonyl (C=O) groups excluding carboxylic acids is 2. The van der Waals surface area contributed by atoms with Crippen LogP contribution in [0.1, 0.15) is 27.7 Å². The smallest absolute Gasteiger partial charge is 0.280 e. The van der Waals surface area contributed by atoms with E-state index in [0.29, 0.717) is 30.4 Å². The van der Waals surface area contributed by atoms with Crippen molar-refractivity contribution in [2.24, 2.45) is 0 Å². The lowest BCUT2D eigenvalue weighted by Crippen LogP contribution is -3.16. The second kappa shape index (κ2) is 11.8. The van der Waals surface area contributed by atoms with Crippen molar-refractivity contribution < 1.29 is 28.9 Å². The molecule has 8 heteroatoms. The van der Waals surface area contributed by atoms with Gasteiger partial charge in [0.15, 0.2) is 24.1 Å². The third kappa shape index (κ3) is 6.60. The van der Waals surface area contributed by atoms with Crippen molar-refractivity contribution in [2.45, 2.75) is 33.7 Å². The summed E-state index contributed by atoms with van der Waals surface area (Å²) in [5.41, 5.74) is 0.650. The van der Waals surface area contributed by atoms with Crippen LogP contribution >= 0.6 is 0 Å². The highest BCUT2D eigenvalue weighted by atomic mass is 16.5. The first-order valence-electron chi connectivity index (χ1n) is 11.0. The molecule has 1 saturated heterocycles. The van der Waals surface area contributed by atoms with Gasteiger partial charge in [-0.3, -0.25) is 9.59 Å². The number of likely N-dealkylation sites (N-methyl/N-ethyl adjacent to an activating group) is 2. The van der Waals surface area contributed by atoms with Crippen LogP contribution in [0, 0.1) is 0 Å². The second-order valence-electron chi connectivity index (χ2n) is 7.75. The molecule has 2 atom stereocenters. The van der Waals surface area contributed by atoms with Crippen molar-refractivity contribution in [1.82, 2.24) is 4.90 Å². The molecular weight excluding hydrogens is 384 g/mol. The van der Waals surface area contributed by atoms with E-state index in [-0.39, 0.29) is 24.4 Å². The van der Waals surface area contributed by atoms with E-state index in [2.05, 4.69) is 12.2 Å². The first kappa shape index (κ1) is 24.0. The van der Waals surface area contributed by atoms with Crippen LogP contribution in [0.2, 0.25) is 0 Å². The van der Waals surface area contributed by atoms with Gasteiger partial charge in [-0.15, -0.1) is 0 Å². The van der Waals surface area contributed by atoms with Gasteiger partial charge >= 0.3 is 0 Å². The molecule has 1 aromatic carbocycles. The molecule has 1 aromatic rings. The van der Waals surface area contributed by atoms with Crippen LogP contribution in [0.15, 0.2) is 18.2 Å². The van der Waals surface area contributed by atoms with Crippen LogP contribution in [-0.4, -0.2) is 82.3 Å². The third-order valence-corrected chi connectivity index (χ3v) is 5.66. The second-order valence-corrected chi connectivity index (χ2v) is 7.75. The van der Waals surface area contributed by atoms with Crippen LogP contribution in [0.3, 0.4) is 0 Å². The van der Waals surface area contributed by atoms with Gasteiger partial charge in [-0.2, -0.15) is 0 Å². The zero-order valence-corrected chi connectivity index (χ0v) is 19.0. The van der Waals surface area contributed by atoms with Gasteiger partial charge < -0.3 is 29.5 Å². The summed E-state index contributed by atoms with van der Waals surface area (Å²) in [6.45, 7) is 13.8. The van der Waals surface area contributed by atoms with Crippen molar-refractivity contribution in [3.05, 3.63) is 18.2 Å². The molecule has 8 nitrogen and oxygen atoms in total. The van der Waals surface area contributed by atoms with Crippen LogP contribution in [0.5, 0.6) is 11.5 Å². The molecule has 1 aliphatic heterocycles. The third-order valence-electron chi connectivity index (χ3n) is 5.66. The van der Waals surface area contributed by atoms with Crippen LogP contribution in [0.4, 0.5) is 5.69 Å². The molecule has 1 unspecified atom stereocenters. The quantitative estimate of drug-likeness (QED) is 0.456. The number of rotatable bonds is 10. The first-order valence-corrected chi connectivity index (χ1v) is 11.0. The highest BCUT2D eigenvalue weighted by Crippen LogP contribution is 2.30. The van der Waals surface area contributed by atoms with Crippen molar-refractivity contribution in [3.8, 4) is 11.5 Å². The highest BCUT2D eigenvalue weighted by Gasteiger charge is 2.31. The molecule has 0 bridgehead atoms. The highest BCUT2D eigenvalue weighted by molar-refractivity contribution is 5.92. The number of quaternary nitrogens is 2. The maximum Gasteiger partial charge on any atom is 0.280 e. The van der Waals surface area contributed by atoms with E-state index in [1.165, 1.54) is 4.90 Å². The molecule has 168 valence electrons. The molecule has 0 saturated carbocycles. The fourth-order valence-corrected chi connectivity index (χ4v) is 3.62. The van der Waals surface area contributed by atoms with E-state index < -0.39 is 0 Å². The number of anilines is 1. The SMILES string of the molecule is CCOc1ccc(NC(=O)C[NH+](C)[C@@H](C)C(=O)N2CC[NH+](CC)CC2)cc1OCC. The Labute approximate surface area is 180 Å². The number of nitrogens with one attached hydrogen (secondary N) is 3. The minimum Gasteiger partial charge on any atom is -0.490 e. The molecule has 1 aliphatic rings. The average molecular weight is 423 g/mol. The lowest BCUT2D eigenvalue weighted by atomic mass is 10.2. The van der Waals surface area contributed by atoms with Crippen molar-refractivity contribution in [3.63, 3.8) is 0 Å². The zero-order chi connectivity index (χ0) is 22.1. The normalized spacial score (nSPS) is 16.6. The topological polar surface area (TPSA) is 76.8 Å². The minimum absolute atomic E-state index is 0.121. The molecular formula is C22H38N4O4+2. The van der Waals surface area contributed by atoms with E-state index in [1.807, 2.05) is 32.7 Å². The number of benzene rings is 1. The van der Waals surface area contributed by atoms with E-state index >= 15 is 0 Å². The Kier molecular flexibility index (Phi) is 9.39. The van der Waals surface area contributed by atoms with E-state index in [9.17, 15) is 9.59 Å². The van der Waals surface area contributed by atoms with Gasteiger partial charge in [0.1, 0.15) is 0 Å². The summed E-state index contributed by atoms with van der Waals surface area (Å²) in [6.07, 6.45) is 0. The summed E-state index contributed by atoms with van der Waals surface area (Å²) in [4.78, 5) is 29.7. The number of carbonyl (C=O) groups is 2. The Morgan fingerprint density at radius 3 is 2.37 bits per heavy atom. The standard InChI is InChI=1S/C22H36N4O4/c1-6-25-11-13-26(14-12-25)22(28)17(4)24(5)16-21(27)23-18-9-10-19(29-7-2)20(15-18)30-8-3/h9-10,15,17H,6-8,11-14,16H2,1-5H3,(H,23,27)/p+2/t17-/m0/s1. The van der Waals surface area contributed by atoms with Gasteiger partial charge in [0.05, 0.1) is 53.0 Å². The van der Waals surface area contributed by atoms with Gasteiger partial charge in [0, 0.05) is 11.8 Å². The summed E-state index contributed by atoms with van der Waals surface area (Å²) in [5.74, 6) is 1.24. The van der Waals surface area contributed by atoms with Gasteiger partial charge in [-0.1, -0.05) is 0 Å². The Balaban J connectivity index is 1.90. The largest absolute Gasteiger partial charge is 0.490 e. The van der Waals surface area contributed by atoms with E-state index in [0.717, 1.165) is 37.6 Å². The molecule has 1 fully saturated rings. The van der Waals surface area contributed by atoms with Crippen LogP contribution in [-0.2, 0) is 9.59 Å². The Hall–Kier alpha value is -2.32. The summed E-state index contributed by atoms with van der Waals surface area (Å²) >= 11 is 0. The van der Waals surface area contributed by atoms with Gasteiger partial charge in [0.25, 0.3) is 11.8 Å². The lowest BCUT2D eigenvalue weighted by Gasteiger charge is -2.33. The number of hydrogen-bond acceptors (Lipinski definition) is 4. The van der Waals surface area contributed by atoms with Gasteiger partial charge in [0.2, 0.25) is 0 Å². The maximum absolute atomic E-state index is 12.8. The Bertz CT molecular complexity index is 704. The summed E-state index contributed by atoms with van der Waals surface area (Å²) < 4.78 is 11.2. The Morgan fingerprint density at radius 2 is 1.77 bits per heavy atom. The molecule has 0 aliphatic carbocycles. The number of hydrogen-bond donors (Lipinski definition) is 3. The predicted octanol–water partition coefficient (Wildman–Crippen LogP) is -0.927. The number of nitrogens with zero attached hydrogens (tertiary/aromatic N) is 1. The Morgan fingerprint density at radius 1 is 1.13 bits per heavy atom. The number of amides is 2. The van der Waals surface area contributed by atoms with Crippen LogP contribution in [0.25, 0.3) is 0 Å². The molecule has 0 aromatic heterocycles. The van der Waals surface area contributed by atoms with E-state index in [1.54, 1.807) is 18.2 Å². The predicted molar refractivity (Wildman–Crippen MR) is 116 cm³/mol. The fraction of sp³-hybridized carbons (Fsp3) is 0.636. The van der Waals surface area contributed by atoms with Crippen molar-refractivity contribution >= 4 is 17.5 Å². The number of ether oxygens (including phenoxy) is 2. The van der Waals surface area contributed by atoms with Crippen molar-refractivity contribution in [1.29, 1.82) is 0 Å². The minimum atomic E-state index is -0.266. The molecule has 3 N–H and O–H groups in total. The summed E-state index contributed by atoms with van der Waals surface area (Å²) in [7, 11) is 1.89. The molecule has 2 amide bonds. The molecule has 0 spiro atoms. The lowest BCUT2D eigenvalue weighted by molar-refractivity contribution is -0.903. The fourth-order valence-electron chi connectivity index (χ4n) is 3.62. The maximum atomic E-state index is 12.8. The average Bonchev–Trinajstić information content (AvgIpc) is 2.74. The molecule has 0 radical (unpaired) electrons. The van der Waals surface area contributed by atoms with Crippen LogP contribution < -0.4 is 24.6 Å². The van der Waals surface area contributed by atoms with E-state index in [4.69, 9.17) is 9.47 Å². The summed E-state index contributed by atoms with van der Waals surface area (Å²) in [6, 6.07) is 5.10. The molecule has 2 rings (SSSR count). The summed E-state index contributed by atoms with van der Waals surface area (Å²) in [5, 5.41) is 2.90.